The van der Waals surface area contributed by atoms with Crippen molar-refractivity contribution in [1.29, 1.82) is 0 Å². The molecule has 0 aromatic carbocycles. The number of rotatable bonds is 12. The van der Waals surface area contributed by atoms with Gasteiger partial charge < -0.3 is 18.9 Å². The molecular formula is C35H48O8. The fourth-order valence-electron chi connectivity index (χ4n) is 10.4. The van der Waals surface area contributed by atoms with Crippen molar-refractivity contribution in [1.82, 2.24) is 0 Å². The van der Waals surface area contributed by atoms with Crippen molar-refractivity contribution < 1.29 is 38.1 Å². The van der Waals surface area contributed by atoms with Crippen LogP contribution in [0, 0.1) is 51.8 Å². The Bertz CT molecular complexity index is 1030. The van der Waals surface area contributed by atoms with Crippen LogP contribution in [0.4, 0.5) is 0 Å². The minimum atomic E-state index is -1.27. The van der Waals surface area contributed by atoms with Crippen LogP contribution in [0.3, 0.4) is 0 Å². The van der Waals surface area contributed by atoms with Gasteiger partial charge in [0.25, 0.3) is 0 Å². The molecule has 0 aliphatic heterocycles. The van der Waals surface area contributed by atoms with Crippen LogP contribution in [0.15, 0.2) is 24.3 Å². The van der Waals surface area contributed by atoms with E-state index in [0.29, 0.717) is 35.5 Å². The number of esters is 4. The van der Waals surface area contributed by atoms with E-state index in [4.69, 9.17) is 18.9 Å². The summed E-state index contributed by atoms with van der Waals surface area (Å²) < 4.78 is 23.4. The van der Waals surface area contributed by atoms with Crippen molar-refractivity contribution >= 4 is 23.9 Å². The second-order valence-corrected chi connectivity index (χ2v) is 15.8. The van der Waals surface area contributed by atoms with Crippen LogP contribution >= 0.6 is 0 Å². The molecule has 0 heterocycles. The molecule has 43 heavy (non-hydrogen) atoms. The highest BCUT2D eigenvalue weighted by Gasteiger charge is 2.57. The number of carbonyl (C=O) groups is 4. The van der Waals surface area contributed by atoms with Crippen molar-refractivity contribution in [2.75, 3.05) is 26.4 Å². The SMILES string of the molecule is C=C(C)C(=O)OCC(COC(=O)C(=C)C)(COC(=O)C12CC3CC(CC(C3)C1)C2)COC(=O)C12CC3CC(CC(C3)C1)C2. The van der Waals surface area contributed by atoms with Gasteiger partial charge in [0.05, 0.1) is 10.8 Å². The number of hydrogen-bond acceptors (Lipinski definition) is 8. The lowest BCUT2D eigenvalue weighted by Gasteiger charge is -2.55. The number of hydrogen-bond donors (Lipinski definition) is 0. The molecule has 8 rings (SSSR count). The first-order valence-electron chi connectivity index (χ1n) is 16.4. The smallest absolute Gasteiger partial charge is 0.333 e. The molecule has 8 heteroatoms. The Balaban J connectivity index is 1.21. The quantitative estimate of drug-likeness (QED) is 0.160. The Morgan fingerprint density at radius 3 is 1.05 bits per heavy atom. The fourth-order valence-corrected chi connectivity index (χ4v) is 10.4. The second-order valence-electron chi connectivity index (χ2n) is 15.8. The van der Waals surface area contributed by atoms with Gasteiger partial charge in [-0.05, 0) is 126 Å². The van der Waals surface area contributed by atoms with Gasteiger partial charge in [-0.1, -0.05) is 13.2 Å². The van der Waals surface area contributed by atoms with Crippen LogP contribution in [-0.4, -0.2) is 50.3 Å². The van der Waals surface area contributed by atoms with E-state index in [1.54, 1.807) is 13.8 Å². The normalized spacial score (nSPS) is 36.6. The molecule has 0 N–H and O–H groups in total. The summed E-state index contributed by atoms with van der Waals surface area (Å²) in [6, 6.07) is 0. The highest BCUT2D eigenvalue weighted by atomic mass is 16.6. The molecule has 8 nitrogen and oxygen atoms in total. The first-order chi connectivity index (χ1) is 20.4. The first-order valence-corrected chi connectivity index (χ1v) is 16.4. The molecule has 8 fully saturated rings. The van der Waals surface area contributed by atoms with Crippen LogP contribution in [0.2, 0.25) is 0 Å². The predicted molar refractivity (Wildman–Crippen MR) is 157 cm³/mol. The van der Waals surface area contributed by atoms with E-state index in [2.05, 4.69) is 13.2 Å². The number of ether oxygens (including phenoxy) is 4. The predicted octanol–water partition coefficient (Wildman–Crippen LogP) is 5.73. The molecule has 8 aliphatic carbocycles. The molecule has 0 spiro atoms. The highest BCUT2D eigenvalue weighted by Crippen LogP contribution is 2.61. The number of carbonyl (C=O) groups excluding carboxylic acids is 4. The van der Waals surface area contributed by atoms with Crippen molar-refractivity contribution in [3.8, 4) is 0 Å². The first kappa shape index (κ1) is 30.4. The van der Waals surface area contributed by atoms with Gasteiger partial charge in [-0.2, -0.15) is 0 Å². The Morgan fingerprint density at radius 1 is 0.535 bits per heavy atom. The van der Waals surface area contributed by atoms with Crippen LogP contribution in [0.25, 0.3) is 0 Å². The second kappa shape index (κ2) is 11.4. The lowest BCUT2D eigenvalue weighted by Crippen LogP contribution is -2.53. The van der Waals surface area contributed by atoms with E-state index in [0.717, 1.165) is 38.5 Å². The summed E-state index contributed by atoms with van der Waals surface area (Å²) in [5.41, 5.74) is -1.82. The van der Waals surface area contributed by atoms with Gasteiger partial charge in [0.2, 0.25) is 0 Å². The maximum Gasteiger partial charge on any atom is 0.333 e. The molecule has 0 aromatic rings. The van der Waals surface area contributed by atoms with Gasteiger partial charge >= 0.3 is 23.9 Å². The molecule has 8 saturated carbocycles. The molecule has 0 saturated heterocycles. The van der Waals surface area contributed by atoms with Gasteiger partial charge in [0, 0.05) is 11.1 Å². The van der Waals surface area contributed by atoms with E-state index >= 15 is 0 Å². The summed E-state index contributed by atoms with van der Waals surface area (Å²) in [5.74, 6) is 1.70. The Labute approximate surface area is 255 Å². The van der Waals surface area contributed by atoms with Gasteiger partial charge in [-0.3, -0.25) is 9.59 Å². The largest absolute Gasteiger partial charge is 0.464 e. The molecule has 0 amide bonds. The topological polar surface area (TPSA) is 105 Å². The molecule has 8 aliphatic rings. The van der Waals surface area contributed by atoms with Gasteiger partial charge in [-0.25, -0.2) is 9.59 Å². The van der Waals surface area contributed by atoms with E-state index in [-0.39, 0.29) is 49.5 Å². The molecule has 0 atom stereocenters. The minimum absolute atomic E-state index is 0.200. The Kier molecular flexibility index (Phi) is 8.04. The summed E-state index contributed by atoms with van der Waals surface area (Å²) in [4.78, 5) is 52.7. The van der Waals surface area contributed by atoms with Crippen LogP contribution < -0.4 is 0 Å². The Hall–Kier alpha value is -2.64. The lowest BCUT2D eigenvalue weighted by atomic mass is 9.49. The van der Waals surface area contributed by atoms with E-state index < -0.39 is 28.2 Å². The summed E-state index contributed by atoms with van der Waals surface area (Å²) in [6.07, 6.45) is 12.3. The summed E-state index contributed by atoms with van der Waals surface area (Å²) >= 11 is 0. The van der Waals surface area contributed by atoms with Gasteiger partial charge in [0.1, 0.15) is 31.8 Å². The molecule has 0 aromatic heterocycles. The third-order valence-corrected chi connectivity index (χ3v) is 11.7. The maximum atomic E-state index is 13.8. The van der Waals surface area contributed by atoms with Crippen molar-refractivity contribution in [2.24, 2.45) is 51.8 Å². The fraction of sp³-hybridized carbons (Fsp3) is 0.771. The zero-order valence-corrected chi connectivity index (χ0v) is 26.0. The van der Waals surface area contributed by atoms with Crippen LogP contribution in [-0.2, 0) is 38.1 Å². The zero-order chi connectivity index (χ0) is 30.6. The highest BCUT2D eigenvalue weighted by molar-refractivity contribution is 5.87. The molecule has 0 radical (unpaired) electrons. The zero-order valence-electron chi connectivity index (χ0n) is 26.0. The standard InChI is InChI=1S/C35H48O8/c1-21(2)29(36)40-17-33(18-41-30(37)22(3)4,19-42-31(38)34-11-23-5-24(12-34)7-25(6-23)13-34)20-43-32(39)35-14-26-8-27(15-35)10-28(9-26)16-35/h23-28H,1,3,5-20H2,2,4H3. The average Bonchev–Trinajstić information content (AvgIpc) is 2.94. The lowest BCUT2D eigenvalue weighted by molar-refractivity contribution is -0.189. The third-order valence-electron chi connectivity index (χ3n) is 11.7. The van der Waals surface area contributed by atoms with Gasteiger partial charge in [0.15, 0.2) is 0 Å². The average molecular weight is 597 g/mol. The van der Waals surface area contributed by atoms with E-state index in [1.165, 1.54) is 38.5 Å². The molecule has 0 unspecified atom stereocenters. The van der Waals surface area contributed by atoms with E-state index in [9.17, 15) is 19.2 Å². The summed E-state index contributed by atoms with van der Waals surface area (Å²) in [5, 5.41) is 0. The van der Waals surface area contributed by atoms with Crippen molar-refractivity contribution in [3.05, 3.63) is 24.3 Å². The van der Waals surface area contributed by atoms with Crippen LogP contribution in [0.1, 0.15) is 90.9 Å². The monoisotopic (exact) mass is 596 g/mol. The molecule has 236 valence electrons. The van der Waals surface area contributed by atoms with E-state index in [1.807, 2.05) is 0 Å². The molecular weight excluding hydrogens is 548 g/mol. The Morgan fingerprint density at radius 2 is 0.791 bits per heavy atom. The molecule has 8 bridgehead atoms. The van der Waals surface area contributed by atoms with Crippen molar-refractivity contribution in [2.45, 2.75) is 90.9 Å². The van der Waals surface area contributed by atoms with Crippen LogP contribution in [0.5, 0.6) is 0 Å². The summed E-state index contributed by atoms with van der Waals surface area (Å²) in [7, 11) is 0. The van der Waals surface area contributed by atoms with Crippen molar-refractivity contribution in [3.63, 3.8) is 0 Å². The third kappa shape index (κ3) is 6.04. The summed E-state index contributed by atoms with van der Waals surface area (Å²) in [6.45, 7) is 9.52. The maximum absolute atomic E-state index is 13.8. The van der Waals surface area contributed by atoms with Gasteiger partial charge in [-0.15, -0.1) is 0 Å². The minimum Gasteiger partial charge on any atom is -0.464 e.